The molecule has 0 saturated heterocycles. The number of carbonyl (C=O) groups excluding carboxylic acids is 1. The third-order valence-electron chi connectivity index (χ3n) is 4.31. The van der Waals surface area contributed by atoms with Crippen molar-refractivity contribution in [3.05, 3.63) is 72.6 Å². The Balaban J connectivity index is 1.75. The predicted octanol–water partition coefficient (Wildman–Crippen LogP) is 3.16. The average Bonchev–Trinajstić information content (AvgIpc) is 3.29. The molecular formula is C19H15F3N6O. The van der Waals surface area contributed by atoms with Crippen LogP contribution in [0.4, 0.5) is 13.2 Å². The molecule has 1 atom stereocenters. The number of fused-ring (bicyclic) bond motifs is 1. The van der Waals surface area contributed by atoms with Crippen LogP contribution in [0.1, 0.15) is 22.2 Å². The van der Waals surface area contributed by atoms with Gasteiger partial charge in [0.15, 0.2) is 11.7 Å². The van der Waals surface area contributed by atoms with Crippen molar-refractivity contribution in [2.24, 2.45) is 7.05 Å². The number of carbonyl (C=O) groups is 1. The fourth-order valence-electron chi connectivity index (χ4n) is 3.01. The van der Waals surface area contributed by atoms with E-state index in [1.807, 2.05) is 5.32 Å². The van der Waals surface area contributed by atoms with E-state index in [0.717, 1.165) is 0 Å². The fraction of sp³-hybridized carbons (Fsp3) is 0.158. The number of alkyl halides is 3. The SMILES string of the molecule is Cn1cc(-c2nc(C(=O)NC(c3ccccn3)C(F)(F)F)c3ccccn23)cn1. The van der Waals surface area contributed by atoms with E-state index in [1.54, 1.807) is 52.9 Å². The minimum atomic E-state index is -4.72. The van der Waals surface area contributed by atoms with Gasteiger partial charge in [0.1, 0.15) is 5.82 Å². The minimum absolute atomic E-state index is 0.116. The van der Waals surface area contributed by atoms with Gasteiger partial charge in [0.2, 0.25) is 0 Å². The Morgan fingerprint density at radius 1 is 1.17 bits per heavy atom. The van der Waals surface area contributed by atoms with Gasteiger partial charge in [0.25, 0.3) is 5.91 Å². The second-order valence-electron chi connectivity index (χ2n) is 6.35. The number of pyridine rings is 2. The lowest BCUT2D eigenvalue weighted by Crippen LogP contribution is -2.38. The van der Waals surface area contributed by atoms with Gasteiger partial charge in [-0.25, -0.2) is 4.98 Å². The lowest BCUT2D eigenvalue weighted by molar-refractivity contribution is -0.156. The highest BCUT2D eigenvalue weighted by atomic mass is 19.4. The van der Waals surface area contributed by atoms with E-state index in [0.29, 0.717) is 16.9 Å². The lowest BCUT2D eigenvalue weighted by atomic mass is 10.1. The Bertz CT molecular complexity index is 1170. The first-order valence-corrected chi connectivity index (χ1v) is 8.59. The lowest BCUT2D eigenvalue weighted by Gasteiger charge is -2.20. The van der Waals surface area contributed by atoms with E-state index in [4.69, 9.17) is 0 Å². The Hall–Kier alpha value is -3.69. The molecule has 148 valence electrons. The molecular weight excluding hydrogens is 385 g/mol. The molecule has 7 nitrogen and oxygen atoms in total. The first-order chi connectivity index (χ1) is 13.8. The molecule has 4 aromatic heterocycles. The van der Waals surface area contributed by atoms with Crippen molar-refractivity contribution in [1.82, 2.24) is 29.5 Å². The Kier molecular flexibility index (Phi) is 4.53. The normalized spacial score (nSPS) is 12.8. The van der Waals surface area contributed by atoms with Gasteiger partial charge in [-0.1, -0.05) is 12.1 Å². The van der Waals surface area contributed by atoms with Crippen LogP contribution in [0.3, 0.4) is 0 Å². The van der Waals surface area contributed by atoms with Gasteiger partial charge < -0.3 is 5.32 Å². The maximum Gasteiger partial charge on any atom is 0.414 e. The van der Waals surface area contributed by atoms with Crippen molar-refractivity contribution in [2.45, 2.75) is 12.2 Å². The molecule has 0 aliphatic heterocycles. The molecule has 0 spiro atoms. The minimum Gasteiger partial charge on any atom is -0.334 e. The van der Waals surface area contributed by atoms with Crippen LogP contribution in [0.15, 0.2) is 61.2 Å². The average molecular weight is 400 g/mol. The summed E-state index contributed by atoms with van der Waals surface area (Å²) in [5.74, 6) is -0.544. The summed E-state index contributed by atoms with van der Waals surface area (Å²) in [7, 11) is 1.73. The number of imidazole rings is 1. The largest absolute Gasteiger partial charge is 0.414 e. The Morgan fingerprint density at radius 2 is 1.97 bits per heavy atom. The van der Waals surface area contributed by atoms with Gasteiger partial charge in [-0.05, 0) is 24.3 Å². The number of aromatic nitrogens is 5. The van der Waals surface area contributed by atoms with Crippen LogP contribution >= 0.6 is 0 Å². The number of nitrogens with zero attached hydrogens (tertiary/aromatic N) is 5. The molecule has 0 saturated carbocycles. The molecule has 0 bridgehead atoms. The van der Waals surface area contributed by atoms with Crippen LogP contribution in [0, 0.1) is 0 Å². The summed E-state index contributed by atoms with van der Waals surface area (Å²) in [5, 5.41) is 6.11. The quantitative estimate of drug-likeness (QED) is 0.571. The number of hydrogen-bond acceptors (Lipinski definition) is 4. The highest BCUT2D eigenvalue weighted by Crippen LogP contribution is 2.32. The Labute approximate surface area is 162 Å². The van der Waals surface area contributed by atoms with Crippen molar-refractivity contribution < 1.29 is 18.0 Å². The zero-order valence-electron chi connectivity index (χ0n) is 15.1. The van der Waals surface area contributed by atoms with E-state index in [9.17, 15) is 18.0 Å². The molecule has 0 radical (unpaired) electrons. The predicted molar refractivity (Wildman–Crippen MR) is 97.9 cm³/mol. The molecule has 0 fully saturated rings. The van der Waals surface area contributed by atoms with Crippen LogP contribution in [-0.4, -0.2) is 36.2 Å². The number of nitrogens with one attached hydrogen (secondary N) is 1. The van der Waals surface area contributed by atoms with E-state index < -0.39 is 18.1 Å². The van der Waals surface area contributed by atoms with Crippen molar-refractivity contribution in [1.29, 1.82) is 0 Å². The number of hydrogen-bond donors (Lipinski definition) is 1. The van der Waals surface area contributed by atoms with Crippen molar-refractivity contribution in [3.63, 3.8) is 0 Å². The molecule has 1 unspecified atom stereocenters. The topological polar surface area (TPSA) is 77.1 Å². The maximum absolute atomic E-state index is 13.6. The van der Waals surface area contributed by atoms with Crippen molar-refractivity contribution in [3.8, 4) is 11.4 Å². The van der Waals surface area contributed by atoms with Gasteiger partial charge in [-0.2, -0.15) is 18.3 Å². The van der Waals surface area contributed by atoms with Crippen LogP contribution in [-0.2, 0) is 7.05 Å². The second kappa shape index (κ2) is 7.04. The van der Waals surface area contributed by atoms with Gasteiger partial charge in [0, 0.05) is 25.6 Å². The molecule has 4 rings (SSSR count). The number of amides is 1. The van der Waals surface area contributed by atoms with Crippen molar-refractivity contribution in [2.75, 3.05) is 0 Å². The van der Waals surface area contributed by atoms with E-state index >= 15 is 0 Å². The van der Waals surface area contributed by atoms with Gasteiger partial charge in [-0.15, -0.1) is 0 Å². The van der Waals surface area contributed by atoms with E-state index in [2.05, 4.69) is 15.1 Å². The third-order valence-corrected chi connectivity index (χ3v) is 4.31. The summed E-state index contributed by atoms with van der Waals surface area (Å²) in [6.45, 7) is 0. The summed E-state index contributed by atoms with van der Waals surface area (Å²) in [6, 6.07) is 6.93. The standard InChI is InChI=1S/C19H15F3N6O/c1-27-11-12(10-24-27)17-25-15(14-7-3-5-9-28(14)17)18(29)26-16(19(20,21)22)13-6-2-4-8-23-13/h2-11,16H,1H3,(H,26,29). The van der Waals surface area contributed by atoms with Crippen molar-refractivity contribution >= 4 is 11.4 Å². The molecule has 29 heavy (non-hydrogen) atoms. The highest BCUT2D eigenvalue weighted by Gasteiger charge is 2.43. The van der Waals surface area contributed by atoms with Gasteiger partial charge in [0.05, 0.1) is 23.0 Å². The Morgan fingerprint density at radius 3 is 2.62 bits per heavy atom. The van der Waals surface area contributed by atoms with Crippen LogP contribution < -0.4 is 5.32 Å². The maximum atomic E-state index is 13.6. The fourth-order valence-corrected chi connectivity index (χ4v) is 3.01. The van der Waals surface area contributed by atoms with E-state index in [-0.39, 0.29) is 11.4 Å². The molecule has 4 heterocycles. The first-order valence-electron chi connectivity index (χ1n) is 8.59. The summed E-state index contributed by atoms with van der Waals surface area (Å²) in [6.07, 6.45) is 1.48. The summed E-state index contributed by atoms with van der Waals surface area (Å²) < 4.78 is 43.9. The monoisotopic (exact) mass is 400 g/mol. The molecule has 0 aliphatic carbocycles. The second-order valence-corrected chi connectivity index (χ2v) is 6.35. The first kappa shape index (κ1) is 18.7. The van der Waals surface area contributed by atoms with Crippen LogP contribution in [0.5, 0.6) is 0 Å². The number of halogens is 3. The molecule has 0 aromatic carbocycles. The summed E-state index contributed by atoms with van der Waals surface area (Å²) >= 11 is 0. The molecule has 1 N–H and O–H groups in total. The van der Waals surface area contributed by atoms with Gasteiger partial charge >= 0.3 is 6.18 Å². The summed E-state index contributed by atoms with van der Waals surface area (Å²) in [5.41, 5.74) is 0.592. The number of aryl methyl sites for hydroxylation is 1. The zero-order valence-corrected chi connectivity index (χ0v) is 15.1. The van der Waals surface area contributed by atoms with E-state index in [1.165, 1.54) is 24.4 Å². The molecule has 10 heteroatoms. The van der Waals surface area contributed by atoms with Crippen LogP contribution in [0.25, 0.3) is 16.9 Å². The third kappa shape index (κ3) is 3.56. The molecule has 0 aliphatic rings. The highest BCUT2D eigenvalue weighted by molar-refractivity contribution is 6.00. The molecule has 1 amide bonds. The molecule has 4 aromatic rings. The van der Waals surface area contributed by atoms with Gasteiger partial charge in [-0.3, -0.25) is 18.9 Å². The smallest absolute Gasteiger partial charge is 0.334 e. The van der Waals surface area contributed by atoms with Crippen LogP contribution in [0.2, 0.25) is 0 Å². The number of rotatable bonds is 4. The zero-order chi connectivity index (χ0) is 20.6. The summed E-state index contributed by atoms with van der Waals surface area (Å²) in [4.78, 5) is 20.9.